The molecule has 94 valence electrons. The second kappa shape index (κ2) is 6.13. The van der Waals surface area contributed by atoms with Crippen molar-refractivity contribution in [2.24, 2.45) is 11.3 Å². The van der Waals surface area contributed by atoms with Crippen molar-refractivity contribution in [3.05, 3.63) is 0 Å². The summed E-state index contributed by atoms with van der Waals surface area (Å²) in [5, 5.41) is 9.10. The Bertz CT molecular complexity index is 260. The zero-order valence-electron chi connectivity index (χ0n) is 10.6. The molecule has 1 N–H and O–H groups in total. The lowest BCUT2D eigenvalue weighted by Gasteiger charge is -2.29. The van der Waals surface area contributed by atoms with Gasteiger partial charge in [-0.25, -0.2) is 0 Å². The molecule has 0 spiro atoms. The molecule has 4 nitrogen and oxygen atoms in total. The summed E-state index contributed by atoms with van der Waals surface area (Å²) in [5.74, 6) is -1.51. The Morgan fingerprint density at radius 2 is 1.88 bits per heavy atom. The number of carbonyl (C=O) groups excluding carboxylic acids is 1. The normalized spacial score (nSPS) is 13.3. The number of rotatable bonds is 5. The Morgan fingerprint density at radius 1 is 1.38 bits per heavy atom. The number of carboxylic acid groups (broad SMARTS) is 1. The number of hydrogen-bond donors (Lipinski definition) is 1. The van der Waals surface area contributed by atoms with Gasteiger partial charge in [0.05, 0.1) is 0 Å². The minimum atomic E-state index is -1.05. The van der Waals surface area contributed by atoms with Gasteiger partial charge in [0.25, 0.3) is 0 Å². The van der Waals surface area contributed by atoms with Crippen LogP contribution >= 0.6 is 11.8 Å². The number of aliphatic carboxylic acids is 1. The van der Waals surface area contributed by atoms with Crippen LogP contribution in [-0.2, 0) is 9.59 Å². The quantitative estimate of drug-likeness (QED) is 0.749. The van der Waals surface area contributed by atoms with Crippen molar-refractivity contribution in [3.63, 3.8) is 0 Å². The molecule has 5 heteroatoms. The molecule has 0 aliphatic carbocycles. The van der Waals surface area contributed by atoms with Crippen LogP contribution in [0.4, 0.5) is 0 Å². The third kappa shape index (κ3) is 4.43. The molecule has 0 saturated carbocycles. The number of carboxylic acids is 1. The topological polar surface area (TPSA) is 57.6 Å². The number of hydrogen-bond acceptors (Lipinski definition) is 3. The molecule has 0 fully saturated rings. The minimum absolute atomic E-state index is 0.311. The summed E-state index contributed by atoms with van der Waals surface area (Å²) in [6.45, 7) is 5.89. The van der Waals surface area contributed by atoms with E-state index in [2.05, 4.69) is 0 Å². The summed E-state index contributed by atoms with van der Waals surface area (Å²) < 4.78 is 0. The average Bonchev–Trinajstić information content (AvgIpc) is 2.10. The predicted molar refractivity (Wildman–Crippen MR) is 66.6 cm³/mol. The smallest absolute Gasteiger partial charge is 0.316 e. The lowest BCUT2D eigenvalue weighted by Crippen LogP contribution is -2.44. The second-order valence-electron chi connectivity index (χ2n) is 4.89. The van der Waals surface area contributed by atoms with Crippen molar-refractivity contribution in [2.45, 2.75) is 20.8 Å². The van der Waals surface area contributed by atoms with Crippen LogP contribution in [0, 0.1) is 11.3 Å². The Labute approximate surface area is 101 Å². The molecule has 0 aromatic heterocycles. The summed E-state index contributed by atoms with van der Waals surface area (Å²) in [5.41, 5.74) is -0.559. The Kier molecular flexibility index (Phi) is 5.86. The van der Waals surface area contributed by atoms with E-state index < -0.39 is 17.3 Å². The first kappa shape index (κ1) is 15.3. The lowest BCUT2D eigenvalue weighted by molar-refractivity contribution is -0.155. The molecule has 0 aliphatic rings. The van der Waals surface area contributed by atoms with E-state index in [1.807, 2.05) is 6.26 Å². The van der Waals surface area contributed by atoms with Crippen molar-refractivity contribution >= 4 is 23.6 Å². The Balaban J connectivity index is 4.70. The third-order valence-electron chi connectivity index (χ3n) is 2.37. The molecular weight excluding hydrogens is 226 g/mol. The van der Waals surface area contributed by atoms with Crippen LogP contribution in [0.3, 0.4) is 0 Å². The Hall–Kier alpha value is -0.710. The molecule has 0 heterocycles. The van der Waals surface area contributed by atoms with Crippen LogP contribution < -0.4 is 0 Å². The molecule has 1 atom stereocenters. The highest BCUT2D eigenvalue weighted by Crippen LogP contribution is 2.27. The van der Waals surface area contributed by atoms with Crippen molar-refractivity contribution in [2.75, 3.05) is 25.6 Å². The van der Waals surface area contributed by atoms with Gasteiger partial charge in [-0.1, -0.05) is 20.8 Å². The fraction of sp³-hybridized carbons (Fsp3) is 0.818. The Morgan fingerprint density at radius 3 is 2.19 bits per heavy atom. The zero-order chi connectivity index (χ0) is 12.9. The average molecular weight is 247 g/mol. The van der Waals surface area contributed by atoms with Crippen molar-refractivity contribution in [1.82, 2.24) is 4.90 Å². The van der Waals surface area contributed by atoms with E-state index in [1.54, 1.807) is 39.6 Å². The first-order chi connectivity index (χ1) is 7.21. The molecule has 0 bridgehead atoms. The summed E-state index contributed by atoms with van der Waals surface area (Å²) in [4.78, 5) is 24.6. The molecule has 0 rings (SSSR count). The maximum absolute atomic E-state index is 12.0. The van der Waals surface area contributed by atoms with Crippen molar-refractivity contribution in [3.8, 4) is 0 Å². The van der Waals surface area contributed by atoms with Crippen LogP contribution in [0.2, 0.25) is 0 Å². The van der Waals surface area contributed by atoms with Crippen LogP contribution in [0.5, 0.6) is 0 Å². The van der Waals surface area contributed by atoms with E-state index in [0.29, 0.717) is 6.54 Å². The molecular formula is C11H21NO3S. The highest BCUT2D eigenvalue weighted by atomic mass is 32.2. The number of carbonyl (C=O) groups is 2. The van der Waals surface area contributed by atoms with Crippen LogP contribution in [0.15, 0.2) is 0 Å². The van der Waals surface area contributed by atoms with Crippen molar-refractivity contribution in [1.29, 1.82) is 0 Å². The largest absolute Gasteiger partial charge is 0.481 e. The molecule has 0 aliphatic heterocycles. The summed E-state index contributed by atoms with van der Waals surface area (Å²) >= 11 is 1.63. The fourth-order valence-corrected chi connectivity index (χ4v) is 1.86. The molecule has 1 unspecified atom stereocenters. The van der Waals surface area contributed by atoms with Gasteiger partial charge in [0.15, 0.2) is 0 Å². The zero-order valence-corrected chi connectivity index (χ0v) is 11.4. The van der Waals surface area contributed by atoms with E-state index in [9.17, 15) is 9.59 Å². The van der Waals surface area contributed by atoms with Gasteiger partial charge >= 0.3 is 5.97 Å². The second-order valence-corrected chi connectivity index (χ2v) is 5.88. The monoisotopic (exact) mass is 247 g/mol. The minimum Gasteiger partial charge on any atom is -0.481 e. The number of amides is 1. The van der Waals surface area contributed by atoms with Crippen molar-refractivity contribution < 1.29 is 14.7 Å². The molecule has 16 heavy (non-hydrogen) atoms. The van der Waals surface area contributed by atoms with Gasteiger partial charge in [0.2, 0.25) is 5.91 Å². The van der Waals surface area contributed by atoms with E-state index in [0.717, 1.165) is 5.75 Å². The van der Waals surface area contributed by atoms with Gasteiger partial charge in [-0.2, -0.15) is 11.8 Å². The summed E-state index contributed by atoms with van der Waals surface area (Å²) in [6, 6.07) is 0. The SMILES string of the molecule is CSCCN(C)C(=O)C(C(=O)O)C(C)(C)C. The van der Waals surface area contributed by atoms with Gasteiger partial charge in [-0.05, 0) is 11.7 Å². The van der Waals surface area contributed by atoms with Gasteiger partial charge in [-0.3, -0.25) is 9.59 Å². The molecule has 0 radical (unpaired) electrons. The third-order valence-corrected chi connectivity index (χ3v) is 2.96. The summed E-state index contributed by atoms with van der Waals surface area (Å²) in [7, 11) is 1.65. The molecule has 0 saturated heterocycles. The van der Waals surface area contributed by atoms with E-state index in [-0.39, 0.29) is 5.91 Å². The fourth-order valence-electron chi connectivity index (χ4n) is 1.41. The standard InChI is InChI=1S/C11H21NO3S/c1-11(2,3)8(10(14)15)9(13)12(4)6-7-16-5/h8H,6-7H2,1-5H3,(H,14,15). The van der Waals surface area contributed by atoms with Crippen LogP contribution in [-0.4, -0.2) is 47.5 Å². The van der Waals surface area contributed by atoms with E-state index in [4.69, 9.17) is 5.11 Å². The highest BCUT2D eigenvalue weighted by molar-refractivity contribution is 7.98. The summed E-state index contributed by atoms with van der Waals surface area (Å²) in [6.07, 6.45) is 1.96. The molecule has 0 aromatic rings. The molecule has 0 aromatic carbocycles. The molecule has 1 amide bonds. The van der Waals surface area contributed by atoms with E-state index >= 15 is 0 Å². The van der Waals surface area contributed by atoms with E-state index in [1.165, 1.54) is 4.90 Å². The van der Waals surface area contributed by atoms with Crippen LogP contribution in [0.25, 0.3) is 0 Å². The maximum atomic E-state index is 12.0. The highest BCUT2D eigenvalue weighted by Gasteiger charge is 2.39. The van der Waals surface area contributed by atoms with Gasteiger partial charge < -0.3 is 10.0 Å². The van der Waals surface area contributed by atoms with Gasteiger partial charge in [0, 0.05) is 19.3 Å². The maximum Gasteiger partial charge on any atom is 0.316 e. The van der Waals surface area contributed by atoms with Crippen LogP contribution in [0.1, 0.15) is 20.8 Å². The predicted octanol–water partition coefficient (Wildman–Crippen LogP) is 1.55. The van der Waals surface area contributed by atoms with Gasteiger partial charge in [-0.15, -0.1) is 0 Å². The first-order valence-corrected chi connectivity index (χ1v) is 6.58. The lowest BCUT2D eigenvalue weighted by atomic mass is 9.80. The number of nitrogens with zero attached hydrogens (tertiary/aromatic N) is 1. The number of thioether (sulfide) groups is 1. The first-order valence-electron chi connectivity index (χ1n) is 5.18. The van der Waals surface area contributed by atoms with Gasteiger partial charge in [0.1, 0.15) is 5.92 Å².